The fourth-order valence-corrected chi connectivity index (χ4v) is 2.09. The molecule has 0 aromatic heterocycles. The van der Waals surface area contributed by atoms with E-state index >= 15 is 0 Å². The van der Waals surface area contributed by atoms with Gasteiger partial charge in [0, 0.05) is 18.9 Å². The summed E-state index contributed by atoms with van der Waals surface area (Å²) < 4.78 is 22.8. The van der Waals surface area contributed by atoms with Gasteiger partial charge in [-0.05, 0) is 25.1 Å². The zero-order valence-corrected chi connectivity index (χ0v) is 11.7. The summed E-state index contributed by atoms with van der Waals surface area (Å²) in [6.45, 7) is 2.85. The second-order valence-corrected chi connectivity index (χ2v) is 6.23. The van der Waals surface area contributed by atoms with Crippen LogP contribution in [0.25, 0.3) is 0 Å². The molecule has 0 aliphatic heterocycles. The van der Waals surface area contributed by atoms with Gasteiger partial charge in [0.1, 0.15) is 6.04 Å². The molecule has 1 aromatic rings. The van der Waals surface area contributed by atoms with Crippen LogP contribution >= 0.6 is 0 Å². The molecule has 0 radical (unpaired) electrons. The maximum Gasteiger partial charge on any atom is 0.246 e. The number of amides is 2. The molecule has 0 aliphatic rings. The van der Waals surface area contributed by atoms with E-state index in [0.717, 1.165) is 6.26 Å². The minimum Gasteiger partial charge on any atom is -0.345 e. The van der Waals surface area contributed by atoms with Gasteiger partial charge in [-0.3, -0.25) is 9.59 Å². The van der Waals surface area contributed by atoms with Gasteiger partial charge in [-0.1, -0.05) is 6.07 Å². The van der Waals surface area contributed by atoms with E-state index in [1.807, 2.05) is 0 Å². The molecule has 6 nitrogen and oxygen atoms in total. The number of nitrogens with one attached hydrogen (secondary N) is 2. The van der Waals surface area contributed by atoms with Crippen LogP contribution in [0.2, 0.25) is 0 Å². The molecule has 7 heteroatoms. The minimum atomic E-state index is -3.32. The first kappa shape index (κ1) is 15.2. The highest BCUT2D eigenvalue weighted by molar-refractivity contribution is 7.90. The number of hydrogen-bond donors (Lipinski definition) is 2. The lowest BCUT2D eigenvalue weighted by atomic mass is 10.2. The number of hydrogen-bond acceptors (Lipinski definition) is 4. The molecule has 1 unspecified atom stereocenters. The Morgan fingerprint density at radius 3 is 2.42 bits per heavy atom. The van der Waals surface area contributed by atoms with Crippen LogP contribution in [-0.4, -0.2) is 32.5 Å². The normalized spacial score (nSPS) is 12.6. The van der Waals surface area contributed by atoms with Gasteiger partial charge >= 0.3 is 0 Å². The molecule has 0 saturated heterocycles. The van der Waals surface area contributed by atoms with Crippen LogP contribution in [0.4, 0.5) is 5.69 Å². The van der Waals surface area contributed by atoms with Crippen molar-refractivity contribution in [2.24, 2.45) is 0 Å². The Kier molecular flexibility index (Phi) is 4.66. The van der Waals surface area contributed by atoms with Gasteiger partial charge in [0.2, 0.25) is 11.8 Å². The lowest BCUT2D eigenvalue weighted by Crippen LogP contribution is -2.40. The number of rotatable bonds is 4. The van der Waals surface area contributed by atoms with E-state index in [1.165, 1.54) is 32.0 Å². The van der Waals surface area contributed by atoms with E-state index in [0.29, 0.717) is 5.69 Å². The molecule has 1 atom stereocenters. The van der Waals surface area contributed by atoms with E-state index in [4.69, 9.17) is 0 Å². The molecule has 1 rings (SSSR count). The Morgan fingerprint density at radius 2 is 1.89 bits per heavy atom. The molecule has 2 amide bonds. The van der Waals surface area contributed by atoms with Crippen molar-refractivity contribution in [3.8, 4) is 0 Å². The van der Waals surface area contributed by atoms with Crippen molar-refractivity contribution in [3.05, 3.63) is 24.3 Å². The van der Waals surface area contributed by atoms with Crippen LogP contribution in [0.1, 0.15) is 13.8 Å². The van der Waals surface area contributed by atoms with Crippen molar-refractivity contribution in [2.75, 3.05) is 11.6 Å². The average Bonchev–Trinajstić information content (AvgIpc) is 2.27. The summed E-state index contributed by atoms with van der Waals surface area (Å²) in [7, 11) is -3.32. The molecule has 104 valence electrons. The first-order valence-corrected chi connectivity index (χ1v) is 7.47. The Labute approximate surface area is 112 Å². The van der Waals surface area contributed by atoms with Gasteiger partial charge in [-0.25, -0.2) is 8.42 Å². The molecule has 0 spiro atoms. The standard InChI is InChI=1S/C12H16N2O4S/c1-8(13-9(2)15)12(16)14-10-5-4-6-11(7-10)19(3,17)18/h4-8H,1-3H3,(H,13,15)(H,14,16). The topological polar surface area (TPSA) is 92.3 Å². The highest BCUT2D eigenvalue weighted by Gasteiger charge is 2.14. The largest absolute Gasteiger partial charge is 0.345 e. The highest BCUT2D eigenvalue weighted by Crippen LogP contribution is 2.15. The van der Waals surface area contributed by atoms with Gasteiger partial charge < -0.3 is 10.6 Å². The van der Waals surface area contributed by atoms with E-state index in [-0.39, 0.29) is 10.8 Å². The molecule has 0 bridgehead atoms. The smallest absolute Gasteiger partial charge is 0.246 e. The second kappa shape index (κ2) is 5.83. The quantitative estimate of drug-likeness (QED) is 0.844. The fraction of sp³-hybridized carbons (Fsp3) is 0.333. The molecule has 2 N–H and O–H groups in total. The molecule has 1 aromatic carbocycles. The third-order valence-electron chi connectivity index (χ3n) is 2.34. The highest BCUT2D eigenvalue weighted by atomic mass is 32.2. The SMILES string of the molecule is CC(=O)NC(C)C(=O)Nc1cccc(S(C)(=O)=O)c1. The van der Waals surface area contributed by atoms with Crippen LogP contribution in [0, 0.1) is 0 Å². The molecular weight excluding hydrogens is 268 g/mol. The third kappa shape index (κ3) is 4.70. The average molecular weight is 284 g/mol. The number of sulfone groups is 1. The second-order valence-electron chi connectivity index (χ2n) is 4.21. The van der Waals surface area contributed by atoms with Gasteiger partial charge in [-0.2, -0.15) is 0 Å². The third-order valence-corrected chi connectivity index (χ3v) is 3.45. The summed E-state index contributed by atoms with van der Waals surface area (Å²) in [6.07, 6.45) is 1.09. The Bertz CT molecular complexity index is 596. The molecule has 19 heavy (non-hydrogen) atoms. The first-order valence-electron chi connectivity index (χ1n) is 5.58. The van der Waals surface area contributed by atoms with Crippen LogP contribution in [-0.2, 0) is 19.4 Å². The summed E-state index contributed by atoms with van der Waals surface area (Å²) in [4.78, 5) is 22.7. The van der Waals surface area contributed by atoms with Crippen LogP contribution < -0.4 is 10.6 Å². The predicted molar refractivity (Wildman–Crippen MR) is 71.5 cm³/mol. The van der Waals surface area contributed by atoms with Crippen molar-refractivity contribution >= 4 is 27.3 Å². The molecule has 0 saturated carbocycles. The van der Waals surface area contributed by atoms with Gasteiger partial charge in [0.25, 0.3) is 0 Å². The Morgan fingerprint density at radius 1 is 1.26 bits per heavy atom. The number of benzene rings is 1. The lowest BCUT2D eigenvalue weighted by Gasteiger charge is -2.13. The van der Waals surface area contributed by atoms with E-state index < -0.39 is 21.8 Å². The molecule has 0 aliphatic carbocycles. The van der Waals surface area contributed by atoms with Crippen molar-refractivity contribution in [2.45, 2.75) is 24.8 Å². The lowest BCUT2D eigenvalue weighted by molar-refractivity contribution is -0.124. The molecule has 0 fully saturated rings. The van der Waals surface area contributed by atoms with Crippen LogP contribution in [0.15, 0.2) is 29.2 Å². The fourth-order valence-electron chi connectivity index (χ4n) is 1.43. The zero-order chi connectivity index (χ0) is 14.6. The minimum absolute atomic E-state index is 0.123. The summed E-state index contributed by atoms with van der Waals surface area (Å²) in [6, 6.07) is 5.23. The van der Waals surface area contributed by atoms with Crippen LogP contribution in [0.5, 0.6) is 0 Å². The van der Waals surface area contributed by atoms with E-state index in [2.05, 4.69) is 10.6 Å². The summed E-state index contributed by atoms with van der Waals surface area (Å²) in [5.41, 5.74) is 0.366. The molecular formula is C12H16N2O4S. The maximum absolute atomic E-state index is 11.7. The molecule has 0 heterocycles. The van der Waals surface area contributed by atoms with E-state index in [1.54, 1.807) is 6.07 Å². The van der Waals surface area contributed by atoms with Gasteiger partial charge in [0.05, 0.1) is 4.90 Å². The zero-order valence-electron chi connectivity index (χ0n) is 10.9. The first-order chi connectivity index (χ1) is 8.70. The summed E-state index contributed by atoms with van der Waals surface area (Å²) in [5, 5.41) is 4.98. The summed E-state index contributed by atoms with van der Waals surface area (Å²) >= 11 is 0. The predicted octanol–water partition coefficient (Wildman–Crippen LogP) is 0.553. The van der Waals surface area contributed by atoms with Gasteiger partial charge in [-0.15, -0.1) is 0 Å². The van der Waals surface area contributed by atoms with Crippen molar-refractivity contribution in [1.29, 1.82) is 0 Å². The van der Waals surface area contributed by atoms with Crippen LogP contribution in [0.3, 0.4) is 0 Å². The van der Waals surface area contributed by atoms with Crippen molar-refractivity contribution in [3.63, 3.8) is 0 Å². The maximum atomic E-state index is 11.7. The van der Waals surface area contributed by atoms with Crippen molar-refractivity contribution < 1.29 is 18.0 Å². The van der Waals surface area contributed by atoms with Gasteiger partial charge in [0.15, 0.2) is 9.84 Å². The van der Waals surface area contributed by atoms with Crippen molar-refractivity contribution in [1.82, 2.24) is 5.32 Å². The Hall–Kier alpha value is -1.89. The number of carbonyl (C=O) groups is 2. The number of anilines is 1. The number of carbonyl (C=O) groups excluding carboxylic acids is 2. The van der Waals surface area contributed by atoms with E-state index in [9.17, 15) is 18.0 Å². The monoisotopic (exact) mass is 284 g/mol. The summed E-state index contributed by atoms with van der Waals surface area (Å²) in [5.74, 6) is -0.728. The Balaban J connectivity index is 2.83.